The van der Waals surface area contributed by atoms with Gasteiger partial charge in [0.15, 0.2) is 0 Å². The highest BCUT2D eigenvalue weighted by atomic mass is 35.5. The zero-order chi connectivity index (χ0) is 10.8. The van der Waals surface area contributed by atoms with Gasteiger partial charge in [-0.05, 0) is 25.5 Å². The fraction of sp³-hybridized carbons (Fsp3) is 0.167. The van der Waals surface area contributed by atoms with Crippen molar-refractivity contribution < 1.29 is 0 Å². The zero-order valence-electron chi connectivity index (χ0n) is 8.66. The fourth-order valence-corrected chi connectivity index (χ4v) is 1.63. The first kappa shape index (κ1) is 10.1. The molecule has 0 aliphatic carbocycles. The highest BCUT2D eigenvalue weighted by molar-refractivity contribution is 6.29. The van der Waals surface area contributed by atoms with Crippen LogP contribution in [0.4, 0.5) is 0 Å². The Hall–Kier alpha value is -1.41. The van der Waals surface area contributed by atoms with E-state index in [0.29, 0.717) is 5.15 Å². The van der Waals surface area contributed by atoms with Gasteiger partial charge in [-0.1, -0.05) is 29.3 Å². The van der Waals surface area contributed by atoms with Crippen LogP contribution in [0.5, 0.6) is 0 Å². The predicted octanol–water partition coefficient (Wildman–Crippen LogP) is 3.41. The topological polar surface area (TPSA) is 25.8 Å². The Bertz CT molecular complexity index is 495. The lowest BCUT2D eigenvalue weighted by atomic mass is 10.0. The van der Waals surface area contributed by atoms with Crippen LogP contribution >= 0.6 is 11.6 Å². The molecule has 15 heavy (non-hydrogen) atoms. The molecule has 0 atom stereocenters. The van der Waals surface area contributed by atoms with E-state index in [-0.39, 0.29) is 0 Å². The van der Waals surface area contributed by atoms with Crippen LogP contribution in [0.3, 0.4) is 0 Å². The third-order valence-electron chi connectivity index (χ3n) is 2.27. The van der Waals surface area contributed by atoms with Crippen LogP contribution in [-0.2, 0) is 0 Å². The molecule has 2 rings (SSSR count). The Morgan fingerprint density at radius 3 is 2.67 bits per heavy atom. The number of rotatable bonds is 1. The van der Waals surface area contributed by atoms with Crippen molar-refractivity contribution in [3.63, 3.8) is 0 Å². The molecule has 0 saturated carbocycles. The van der Waals surface area contributed by atoms with Crippen molar-refractivity contribution >= 4 is 11.6 Å². The number of aromatic nitrogens is 2. The summed E-state index contributed by atoms with van der Waals surface area (Å²) in [5.41, 5.74) is 4.29. The van der Waals surface area contributed by atoms with E-state index in [1.165, 1.54) is 17.3 Å². The maximum Gasteiger partial charge on any atom is 0.148 e. The van der Waals surface area contributed by atoms with Crippen molar-refractivity contribution in [2.24, 2.45) is 0 Å². The lowest BCUT2D eigenvalue weighted by Gasteiger charge is -2.05. The van der Waals surface area contributed by atoms with Crippen molar-refractivity contribution in [2.45, 2.75) is 13.8 Å². The van der Waals surface area contributed by atoms with Gasteiger partial charge in [-0.15, -0.1) is 0 Å². The number of hydrogen-bond donors (Lipinski definition) is 0. The van der Waals surface area contributed by atoms with Crippen LogP contribution in [0, 0.1) is 13.8 Å². The number of nitrogens with zero attached hydrogens (tertiary/aromatic N) is 2. The second kappa shape index (κ2) is 3.99. The molecule has 2 aromatic rings. The molecular formula is C12H11ClN2. The Balaban J connectivity index is 2.58. The van der Waals surface area contributed by atoms with Gasteiger partial charge in [0.25, 0.3) is 0 Å². The van der Waals surface area contributed by atoms with Crippen LogP contribution in [0.15, 0.2) is 30.6 Å². The first-order chi connectivity index (χ1) is 7.16. The van der Waals surface area contributed by atoms with Gasteiger partial charge in [-0.2, -0.15) is 0 Å². The van der Waals surface area contributed by atoms with E-state index in [9.17, 15) is 0 Å². The van der Waals surface area contributed by atoms with Crippen molar-refractivity contribution in [1.29, 1.82) is 0 Å². The summed E-state index contributed by atoms with van der Waals surface area (Å²) < 4.78 is 0. The molecule has 0 radical (unpaired) electrons. The SMILES string of the molecule is Cc1ccc(C)c(-c2cncc(Cl)n2)c1. The molecule has 0 spiro atoms. The third-order valence-corrected chi connectivity index (χ3v) is 2.46. The summed E-state index contributed by atoms with van der Waals surface area (Å²) in [5.74, 6) is 0. The minimum atomic E-state index is 0.424. The summed E-state index contributed by atoms with van der Waals surface area (Å²) >= 11 is 5.81. The Morgan fingerprint density at radius 1 is 1.13 bits per heavy atom. The van der Waals surface area contributed by atoms with E-state index in [4.69, 9.17) is 11.6 Å². The molecule has 76 valence electrons. The minimum absolute atomic E-state index is 0.424. The second-order valence-electron chi connectivity index (χ2n) is 3.55. The normalized spacial score (nSPS) is 10.3. The van der Waals surface area contributed by atoms with E-state index < -0.39 is 0 Å². The van der Waals surface area contributed by atoms with Crippen molar-refractivity contribution in [1.82, 2.24) is 9.97 Å². The van der Waals surface area contributed by atoms with Gasteiger partial charge in [0.1, 0.15) is 5.15 Å². The summed E-state index contributed by atoms with van der Waals surface area (Å²) in [6, 6.07) is 6.25. The minimum Gasteiger partial charge on any atom is -0.259 e. The van der Waals surface area contributed by atoms with Crippen molar-refractivity contribution in [3.8, 4) is 11.3 Å². The van der Waals surface area contributed by atoms with E-state index in [0.717, 1.165) is 11.3 Å². The average Bonchev–Trinajstić information content (AvgIpc) is 2.22. The van der Waals surface area contributed by atoms with Crippen LogP contribution in [0.1, 0.15) is 11.1 Å². The maximum atomic E-state index is 5.81. The summed E-state index contributed by atoms with van der Waals surface area (Å²) in [6.07, 6.45) is 3.27. The molecule has 0 unspecified atom stereocenters. The molecule has 1 aromatic heterocycles. The lowest BCUT2D eigenvalue weighted by Crippen LogP contribution is -1.89. The molecule has 0 N–H and O–H groups in total. The third kappa shape index (κ3) is 2.16. The number of halogens is 1. The first-order valence-corrected chi connectivity index (χ1v) is 5.10. The van der Waals surface area contributed by atoms with Crippen LogP contribution in [-0.4, -0.2) is 9.97 Å². The largest absolute Gasteiger partial charge is 0.259 e. The molecular weight excluding hydrogens is 208 g/mol. The lowest BCUT2D eigenvalue weighted by molar-refractivity contribution is 1.20. The average molecular weight is 219 g/mol. The van der Waals surface area contributed by atoms with Crippen LogP contribution < -0.4 is 0 Å². The first-order valence-electron chi connectivity index (χ1n) is 4.72. The molecule has 0 bridgehead atoms. The molecule has 0 saturated heterocycles. The number of hydrogen-bond acceptors (Lipinski definition) is 2. The highest BCUT2D eigenvalue weighted by Gasteiger charge is 2.04. The number of aryl methyl sites for hydroxylation is 2. The van der Waals surface area contributed by atoms with E-state index in [1.807, 2.05) is 0 Å². The molecule has 1 heterocycles. The highest BCUT2D eigenvalue weighted by Crippen LogP contribution is 2.22. The zero-order valence-corrected chi connectivity index (χ0v) is 9.42. The Labute approximate surface area is 94.0 Å². The van der Waals surface area contributed by atoms with Gasteiger partial charge >= 0.3 is 0 Å². The summed E-state index contributed by atoms with van der Waals surface area (Å²) in [5, 5.41) is 0.424. The molecule has 0 aliphatic heterocycles. The van der Waals surface area contributed by atoms with Crippen LogP contribution in [0.2, 0.25) is 5.15 Å². The quantitative estimate of drug-likeness (QED) is 0.733. The molecule has 0 aliphatic rings. The fourth-order valence-electron chi connectivity index (χ4n) is 1.48. The standard InChI is InChI=1S/C12H11ClN2/c1-8-3-4-9(2)10(5-8)11-6-14-7-12(13)15-11/h3-7H,1-2H3. The molecule has 1 aromatic carbocycles. The van der Waals surface area contributed by atoms with Crippen molar-refractivity contribution in [2.75, 3.05) is 0 Å². The van der Waals surface area contributed by atoms with Gasteiger partial charge in [-0.25, -0.2) is 4.98 Å². The monoisotopic (exact) mass is 218 g/mol. The van der Waals surface area contributed by atoms with E-state index >= 15 is 0 Å². The van der Waals surface area contributed by atoms with E-state index in [1.54, 1.807) is 6.20 Å². The smallest absolute Gasteiger partial charge is 0.148 e. The maximum absolute atomic E-state index is 5.81. The second-order valence-corrected chi connectivity index (χ2v) is 3.93. The van der Waals surface area contributed by atoms with Gasteiger partial charge in [0, 0.05) is 5.56 Å². The Kier molecular flexibility index (Phi) is 2.69. The van der Waals surface area contributed by atoms with Crippen molar-refractivity contribution in [3.05, 3.63) is 46.9 Å². The number of benzene rings is 1. The van der Waals surface area contributed by atoms with E-state index in [2.05, 4.69) is 42.0 Å². The summed E-state index contributed by atoms with van der Waals surface area (Å²) in [6.45, 7) is 4.11. The summed E-state index contributed by atoms with van der Waals surface area (Å²) in [4.78, 5) is 8.29. The summed E-state index contributed by atoms with van der Waals surface area (Å²) in [7, 11) is 0. The van der Waals surface area contributed by atoms with Gasteiger partial charge in [0.05, 0.1) is 18.1 Å². The molecule has 0 amide bonds. The van der Waals surface area contributed by atoms with Crippen LogP contribution in [0.25, 0.3) is 11.3 Å². The van der Waals surface area contributed by atoms with Gasteiger partial charge in [0.2, 0.25) is 0 Å². The predicted molar refractivity (Wildman–Crippen MR) is 62.0 cm³/mol. The van der Waals surface area contributed by atoms with Gasteiger partial charge in [-0.3, -0.25) is 4.98 Å². The molecule has 2 nitrogen and oxygen atoms in total. The Morgan fingerprint density at radius 2 is 1.93 bits per heavy atom. The molecule has 3 heteroatoms. The van der Waals surface area contributed by atoms with Gasteiger partial charge < -0.3 is 0 Å². The molecule has 0 fully saturated rings.